The van der Waals surface area contributed by atoms with E-state index in [1.54, 1.807) is 17.0 Å². The van der Waals surface area contributed by atoms with Crippen molar-refractivity contribution >= 4 is 11.6 Å². The first-order valence-electron chi connectivity index (χ1n) is 7.92. The second kappa shape index (κ2) is 6.10. The predicted octanol–water partition coefficient (Wildman–Crippen LogP) is 0.0560. The maximum atomic E-state index is 12.7. The average Bonchev–Trinajstić information content (AvgIpc) is 3.08. The highest BCUT2D eigenvalue weighted by Crippen LogP contribution is 2.10. The van der Waals surface area contributed by atoms with Gasteiger partial charge >= 0.3 is 5.69 Å². The molecule has 0 atom stereocenters. The molecule has 0 aliphatic carbocycles. The second-order valence-corrected chi connectivity index (χ2v) is 5.81. The molecule has 0 bridgehead atoms. The number of ether oxygens (including phenoxy) is 1. The van der Waals surface area contributed by atoms with Gasteiger partial charge in [-0.15, -0.1) is 5.10 Å². The Morgan fingerprint density at radius 2 is 1.88 bits per heavy atom. The summed E-state index contributed by atoms with van der Waals surface area (Å²) in [6.07, 6.45) is 1.31. The molecule has 1 fully saturated rings. The summed E-state index contributed by atoms with van der Waals surface area (Å²) in [5.74, 6) is -0.271. The van der Waals surface area contributed by atoms with Gasteiger partial charge in [-0.25, -0.2) is 14.2 Å². The van der Waals surface area contributed by atoms with Gasteiger partial charge in [-0.05, 0) is 19.1 Å². The summed E-state index contributed by atoms with van der Waals surface area (Å²) in [6.45, 7) is 3.92. The molecule has 0 saturated carbocycles. The summed E-state index contributed by atoms with van der Waals surface area (Å²) in [6, 6.07) is 7.34. The van der Waals surface area contributed by atoms with Crippen LogP contribution >= 0.6 is 0 Å². The highest BCUT2D eigenvalue weighted by molar-refractivity contribution is 5.97. The summed E-state index contributed by atoms with van der Waals surface area (Å²) in [4.78, 5) is 31.0. The Kier molecular flexibility index (Phi) is 3.77. The molecule has 0 spiro atoms. The first-order chi connectivity index (χ1) is 12.1. The molecule has 3 heterocycles. The van der Waals surface area contributed by atoms with E-state index in [4.69, 9.17) is 4.74 Å². The van der Waals surface area contributed by atoms with Crippen LogP contribution in [0.5, 0.6) is 0 Å². The van der Waals surface area contributed by atoms with Gasteiger partial charge in [0.15, 0.2) is 11.3 Å². The summed E-state index contributed by atoms with van der Waals surface area (Å²) in [7, 11) is 0. The van der Waals surface area contributed by atoms with Crippen LogP contribution in [0, 0.1) is 6.92 Å². The average molecular weight is 340 g/mol. The first kappa shape index (κ1) is 15.5. The molecule has 0 N–H and O–H groups in total. The van der Waals surface area contributed by atoms with Gasteiger partial charge in [-0.2, -0.15) is 4.68 Å². The van der Waals surface area contributed by atoms with Crippen LogP contribution in [0.25, 0.3) is 11.3 Å². The van der Waals surface area contributed by atoms with E-state index in [1.807, 2.05) is 19.1 Å². The van der Waals surface area contributed by atoms with Crippen molar-refractivity contribution in [3.05, 3.63) is 52.3 Å². The van der Waals surface area contributed by atoms with Crippen molar-refractivity contribution in [3.63, 3.8) is 0 Å². The number of aromatic nitrogens is 5. The molecular formula is C16H16N6O3. The van der Waals surface area contributed by atoms with E-state index < -0.39 is 5.69 Å². The van der Waals surface area contributed by atoms with Gasteiger partial charge in [-0.3, -0.25) is 4.79 Å². The molecule has 4 rings (SSSR count). The quantitative estimate of drug-likeness (QED) is 0.654. The van der Waals surface area contributed by atoms with Crippen molar-refractivity contribution in [2.45, 2.75) is 6.92 Å². The molecule has 25 heavy (non-hydrogen) atoms. The number of aryl methyl sites for hydroxylation is 1. The van der Waals surface area contributed by atoms with Crippen molar-refractivity contribution in [1.82, 2.24) is 29.3 Å². The molecule has 1 aliphatic rings. The van der Waals surface area contributed by atoms with Crippen LogP contribution in [0.1, 0.15) is 16.1 Å². The number of carbonyl (C=O) groups excluding carboxylic acids is 1. The number of hydrogen-bond acceptors (Lipinski definition) is 6. The lowest BCUT2D eigenvalue weighted by molar-refractivity contribution is 0.0300. The number of amides is 1. The minimum Gasteiger partial charge on any atom is -0.378 e. The molecule has 3 aromatic rings. The van der Waals surface area contributed by atoms with E-state index in [2.05, 4.69) is 15.3 Å². The Morgan fingerprint density at radius 3 is 2.60 bits per heavy atom. The highest BCUT2D eigenvalue weighted by Gasteiger charge is 2.24. The zero-order chi connectivity index (χ0) is 17.4. The van der Waals surface area contributed by atoms with Crippen molar-refractivity contribution < 1.29 is 9.53 Å². The third kappa shape index (κ3) is 2.68. The van der Waals surface area contributed by atoms with E-state index in [9.17, 15) is 9.59 Å². The van der Waals surface area contributed by atoms with Gasteiger partial charge in [0.05, 0.1) is 18.9 Å². The lowest BCUT2D eigenvalue weighted by Gasteiger charge is -2.25. The number of morpholine rings is 1. The molecule has 1 saturated heterocycles. The van der Waals surface area contributed by atoms with Crippen LogP contribution in [-0.2, 0) is 4.74 Å². The molecular weight excluding hydrogens is 324 g/mol. The van der Waals surface area contributed by atoms with Gasteiger partial charge in [0.2, 0.25) is 0 Å². The van der Waals surface area contributed by atoms with E-state index in [1.165, 1.54) is 15.4 Å². The zero-order valence-electron chi connectivity index (χ0n) is 13.6. The molecule has 0 unspecified atom stereocenters. The van der Waals surface area contributed by atoms with E-state index in [0.29, 0.717) is 32.0 Å². The third-order valence-electron chi connectivity index (χ3n) is 4.14. The number of fused-ring (bicyclic) bond motifs is 1. The summed E-state index contributed by atoms with van der Waals surface area (Å²) in [5.41, 5.74) is 1.53. The Hall–Kier alpha value is -3.07. The SMILES string of the molecule is Cc1ccc(-n2nnc3c(C(=O)N4CCOCC4)ncn3c2=O)cc1. The summed E-state index contributed by atoms with van der Waals surface area (Å²) in [5, 5.41) is 8.02. The maximum Gasteiger partial charge on any atom is 0.357 e. The Balaban J connectivity index is 1.75. The minimum atomic E-state index is -0.428. The van der Waals surface area contributed by atoms with Crippen LogP contribution in [0.15, 0.2) is 35.4 Å². The molecule has 2 aromatic heterocycles. The van der Waals surface area contributed by atoms with Gasteiger partial charge in [0.25, 0.3) is 5.91 Å². The normalized spacial score (nSPS) is 14.8. The lowest BCUT2D eigenvalue weighted by Crippen LogP contribution is -2.41. The first-order valence-corrected chi connectivity index (χ1v) is 7.92. The molecule has 1 aromatic carbocycles. The number of nitrogens with zero attached hydrogens (tertiary/aromatic N) is 6. The smallest absolute Gasteiger partial charge is 0.357 e. The Bertz CT molecular complexity index is 985. The Labute approximate surface area is 142 Å². The van der Waals surface area contributed by atoms with E-state index in [-0.39, 0.29) is 17.2 Å². The summed E-state index contributed by atoms with van der Waals surface area (Å²) >= 11 is 0. The van der Waals surface area contributed by atoms with Crippen LogP contribution in [0.2, 0.25) is 0 Å². The van der Waals surface area contributed by atoms with E-state index >= 15 is 0 Å². The van der Waals surface area contributed by atoms with Crippen LogP contribution in [0.3, 0.4) is 0 Å². The lowest BCUT2D eigenvalue weighted by atomic mass is 10.2. The van der Waals surface area contributed by atoms with Gasteiger partial charge in [0, 0.05) is 13.1 Å². The van der Waals surface area contributed by atoms with Crippen molar-refractivity contribution in [1.29, 1.82) is 0 Å². The third-order valence-corrected chi connectivity index (χ3v) is 4.14. The second-order valence-electron chi connectivity index (χ2n) is 5.81. The highest BCUT2D eigenvalue weighted by atomic mass is 16.5. The van der Waals surface area contributed by atoms with Crippen molar-refractivity contribution in [3.8, 4) is 5.69 Å². The molecule has 0 radical (unpaired) electrons. The predicted molar refractivity (Wildman–Crippen MR) is 87.8 cm³/mol. The van der Waals surface area contributed by atoms with Gasteiger partial charge < -0.3 is 9.64 Å². The molecule has 9 nitrogen and oxygen atoms in total. The van der Waals surface area contributed by atoms with Gasteiger partial charge in [0.1, 0.15) is 6.33 Å². The largest absolute Gasteiger partial charge is 0.378 e. The topological polar surface area (TPSA) is 94.6 Å². The van der Waals surface area contributed by atoms with E-state index in [0.717, 1.165) is 5.56 Å². The zero-order valence-corrected chi connectivity index (χ0v) is 13.6. The fourth-order valence-corrected chi connectivity index (χ4v) is 2.72. The number of hydrogen-bond donors (Lipinski definition) is 0. The van der Waals surface area contributed by atoms with Crippen LogP contribution < -0.4 is 5.69 Å². The molecule has 9 heteroatoms. The fraction of sp³-hybridized carbons (Fsp3) is 0.312. The molecule has 1 aliphatic heterocycles. The maximum absolute atomic E-state index is 12.7. The molecule has 1 amide bonds. The van der Waals surface area contributed by atoms with Crippen molar-refractivity contribution in [2.75, 3.05) is 26.3 Å². The number of carbonyl (C=O) groups is 1. The van der Waals surface area contributed by atoms with Crippen LogP contribution in [0.4, 0.5) is 0 Å². The Morgan fingerprint density at radius 1 is 1.16 bits per heavy atom. The number of benzene rings is 1. The van der Waals surface area contributed by atoms with Crippen molar-refractivity contribution in [2.24, 2.45) is 0 Å². The van der Waals surface area contributed by atoms with Crippen LogP contribution in [-0.4, -0.2) is 61.5 Å². The minimum absolute atomic E-state index is 0.127. The van der Waals surface area contributed by atoms with Gasteiger partial charge in [-0.1, -0.05) is 22.9 Å². The standard InChI is InChI=1S/C16H16N6O3/c1-11-2-4-12(5-3-11)22-16(24)21-10-17-13(14(21)18-19-22)15(23)20-6-8-25-9-7-20/h2-5,10H,6-9H2,1H3. The number of rotatable bonds is 2. The summed E-state index contributed by atoms with van der Waals surface area (Å²) < 4.78 is 7.66. The number of imidazole rings is 1. The fourth-order valence-electron chi connectivity index (χ4n) is 2.72. The monoisotopic (exact) mass is 340 g/mol. The molecule has 128 valence electrons.